The van der Waals surface area contributed by atoms with Crippen molar-refractivity contribution in [2.75, 3.05) is 13.1 Å². The van der Waals surface area contributed by atoms with Crippen molar-refractivity contribution in [3.63, 3.8) is 0 Å². The normalized spacial score (nSPS) is 25.7. The van der Waals surface area contributed by atoms with Crippen LogP contribution in [0.25, 0.3) is 11.1 Å². The van der Waals surface area contributed by atoms with E-state index in [1.807, 2.05) is 30.9 Å². The van der Waals surface area contributed by atoms with Crippen molar-refractivity contribution in [1.29, 1.82) is 0 Å². The number of rotatable bonds is 3. The minimum atomic E-state index is 0.0840. The van der Waals surface area contributed by atoms with Crippen LogP contribution in [0, 0.1) is 5.92 Å². The van der Waals surface area contributed by atoms with Crippen LogP contribution < -0.4 is 0 Å². The summed E-state index contributed by atoms with van der Waals surface area (Å²) in [5.41, 5.74) is 2.60. The van der Waals surface area contributed by atoms with Gasteiger partial charge in [0.25, 0.3) is 5.91 Å². The highest BCUT2D eigenvalue weighted by Crippen LogP contribution is 2.31. The molecule has 0 aromatic carbocycles. The quantitative estimate of drug-likeness (QED) is 0.873. The Bertz CT molecular complexity index is 703. The molecule has 23 heavy (non-hydrogen) atoms. The fraction of sp³-hybridized carbons (Fsp3) is 0.611. The van der Waals surface area contributed by atoms with E-state index in [9.17, 15) is 4.79 Å². The maximum atomic E-state index is 13.1. The van der Waals surface area contributed by atoms with Gasteiger partial charge in [0.2, 0.25) is 0 Å². The standard InChI is InChI=1S/C18H24N2O3/c1-12-9-19(10-13(2)23-12)18(21)16-8-17-15(6-7-22-17)20(16)11-14-4-3-5-14/h6-8,12-14H,3-5,9-11H2,1-2H3/t12-,13-/m1/s1. The van der Waals surface area contributed by atoms with E-state index in [0.717, 1.165) is 23.3 Å². The van der Waals surface area contributed by atoms with E-state index >= 15 is 0 Å². The third kappa shape index (κ3) is 2.67. The molecule has 5 heteroatoms. The van der Waals surface area contributed by atoms with Crippen molar-refractivity contribution in [3.05, 3.63) is 24.1 Å². The molecular weight excluding hydrogens is 292 g/mol. The monoisotopic (exact) mass is 316 g/mol. The van der Waals surface area contributed by atoms with Gasteiger partial charge in [-0.1, -0.05) is 6.42 Å². The van der Waals surface area contributed by atoms with E-state index < -0.39 is 0 Å². The topological polar surface area (TPSA) is 47.6 Å². The Labute approximate surface area is 136 Å². The second-order valence-corrected chi connectivity index (χ2v) is 7.07. The number of carbonyl (C=O) groups excluding carboxylic acids is 1. The minimum absolute atomic E-state index is 0.0840. The summed E-state index contributed by atoms with van der Waals surface area (Å²) >= 11 is 0. The van der Waals surface area contributed by atoms with E-state index in [2.05, 4.69) is 4.57 Å². The molecule has 1 amide bonds. The Balaban J connectivity index is 1.65. The molecular formula is C18H24N2O3. The number of hydrogen-bond acceptors (Lipinski definition) is 3. The number of fused-ring (bicyclic) bond motifs is 1. The first-order chi connectivity index (χ1) is 11.1. The number of morpholine rings is 1. The lowest BCUT2D eigenvalue weighted by molar-refractivity contribution is -0.0588. The third-order valence-corrected chi connectivity index (χ3v) is 5.11. The van der Waals surface area contributed by atoms with E-state index in [1.165, 1.54) is 19.3 Å². The van der Waals surface area contributed by atoms with Gasteiger partial charge in [-0.15, -0.1) is 0 Å². The van der Waals surface area contributed by atoms with Crippen LogP contribution in [0.3, 0.4) is 0 Å². The Kier molecular flexibility index (Phi) is 3.68. The van der Waals surface area contributed by atoms with Crippen LogP contribution in [0.2, 0.25) is 0 Å². The van der Waals surface area contributed by atoms with Crippen molar-refractivity contribution >= 4 is 17.0 Å². The average Bonchev–Trinajstić information content (AvgIpc) is 3.02. The number of aromatic nitrogens is 1. The van der Waals surface area contributed by atoms with Crippen molar-refractivity contribution < 1.29 is 13.9 Å². The molecule has 4 rings (SSSR count). The molecule has 2 aliphatic rings. The second-order valence-electron chi connectivity index (χ2n) is 7.07. The number of furan rings is 1. The molecule has 2 atom stereocenters. The van der Waals surface area contributed by atoms with Crippen LogP contribution in [0.15, 0.2) is 22.8 Å². The highest BCUT2D eigenvalue weighted by Gasteiger charge is 2.30. The Morgan fingerprint density at radius 2 is 2.00 bits per heavy atom. The van der Waals surface area contributed by atoms with Gasteiger partial charge in [0.05, 0.1) is 24.0 Å². The maximum absolute atomic E-state index is 13.1. The highest BCUT2D eigenvalue weighted by molar-refractivity contribution is 5.97. The van der Waals surface area contributed by atoms with Crippen molar-refractivity contribution in [1.82, 2.24) is 9.47 Å². The zero-order valence-corrected chi connectivity index (χ0v) is 13.8. The molecule has 5 nitrogen and oxygen atoms in total. The average molecular weight is 316 g/mol. The predicted molar refractivity (Wildman–Crippen MR) is 87.5 cm³/mol. The zero-order chi connectivity index (χ0) is 16.0. The first-order valence-electron chi connectivity index (χ1n) is 8.63. The lowest BCUT2D eigenvalue weighted by Crippen LogP contribution is -2.48. The fourth-order valence-electron chi connectivity index (χ4n) is 3.79. The van der Waals surface area contributed by atoms with Gasteiger partial charge in [-0.2, -0.15) is 0 Å². The smallest absolute Gasteiger partial charge is 0.270 e. The number of amides is 1. The summed E-state index contributed by atoms with van der Waals surface area (Å²) in [5.74, 6) is 0.785. The van der Waals surface area contributed by atoms with Crippen LogP contribution in [0.5, 0.6) is 0 Å². The maximum Gasteiger partial charge on any atom is 0.270 e. The molecule has 2 fully saturated rings. The molecule has 1 aliphatic heterocycles. The summed E-state index contributed by atoms with van der Waals surface area (Å²) in [5, 5.41) is 0. The van der Waals surface area contributed by atoms with E-state index in [0.29, 0.717) is 19.0 Å². The highest BCUT2D eigenvalue weighted by atomic mass is 16.5. The molecule has 1 saturated carbocycles. The summed E-state index contributed by atoms with van der Waals surface area (Å²) in [7, 11) is 0. The van der Waals surface area contributed by atoms with Crippen LogP contribution >= 0.6 is 0 Å². The Hall–Kier alpha value is -1.75. The Morgan fingerprint density at radius 3 is 2.65 bits per heavy atom. The van der Waals surface area contributed by atoms with Crippen LogP contribution in [-0.2, 0) is 11.3 Å². The first kappa shape index (κ1) is 14.8. The lowest BCUT2D eigenvalue weighted by atomic mass is 9.85. The summed E-state index contributed by atoms with van der Waals surface area (Å²) in [6, 6.07) is 3.87. The van der Waals surface area contributed by atoms with Gasteiger partial charge in [-0.05, 0) is 32.6 Å². The van der Waals surface area contributed by atoms with Gasteiger partial charge in [-0.3, -0.25) is 4.79 Å². The van der Waals surface area contributed by atoms with Crippen LogP contribution in [0.1, 0.15) is 43.6 Å². The first-order valence-corrected chi connectivity index (χ1v) is 8.63. The molecule has 0 unspecified atom stereocenters. The lowest BCUT2D eigenvalue weighted by Gasteiger charge is -2.35. The molecule has 1 saturated heterocycles. The molecule has 0 radical (unpaired) electrons. The van der Waals surface area contributed by atoms with Crippen molar-refractivity contribution in [2.45, 2.75) is 51.9 Å². The molecule has 0 N–H and O–H groups in total. The number of hydrogen-bond donors (Lipinski definition) is 0. The molecule has 124 valence electrons. The summed E-state index contributed by atoms with van der Waals surface area (Å²) in [6.45, 7) is 6.27. The van der Waals surface area contributed by atoms with Gasteiger partial charge in [0.15, 0.2) is 5.58 Å². The molecule has 1 aliphatic carbocycles. The van der Waals surface area contributed by atoms with Crippen LogP contribution in [-0.4, -0.2) is 40.7 Å². The molecule has 3 heterocycles. The predicted octanol–water partition coefficient (Wildman–Crippen LogP) is 3.28. The number of ether oxygens (including phenoxy) is 1. The third-order valence-electron chi connectivity index (χ3n) is 5.11. The van der Waals surface area contributed by atoms with Gasteiger partial charge < -0.3 is 18.6 Å². The largest absolute Gasteiger partial charge is 0.463 e. The van der Waals surface area contributed by atoms with Gasteiger partial charge >= 0.3 is 0 Å². The molecule has 0 spiro atoms. The summed E-state index contributed by atoms with van der Waals surface area (Å²) < 4.78 is 13.4. The van der Waals surface area contributed by atoms with E-state index in [1.54, 1.807) is 6.26 Å². The SMILES string of the molecule is C[C@@H]1CN(C(=O)c2cc3occc3n2CC2CCC2)C[C@@H](C)O1. The van der Waals surface area contributed by atoms with Crippen molar-refractivity contribution in [2.24, 2.45) is 5.92 Å². The molecule has 0 bridgehead atoms. The van der Waals surface area contributed by atoms with Crippen LogP contribution in [0.4, 0.5) is 0 Å². The van der Waals surface area contributed by atoms with Gasteiger partial charge in [-0.25, -0.2) is 0 Å². The Morgan fingerprint density at radius 1 is 1.26 bits per heavy atom. The van der Waals surface area contributed by atoms with Gasteiger partial charge in [0, 0.05) is 31.8 Å². The zero-order valence-electron chi connectivity index (χ0n) is 13.8. The number of nitrogens with zero attached hydrogens (tertiary/aromatic N) is 2. The van der Waals surface area contributed by atoms with Gasteiger partial charge in [0.1, 0.15) is 5.69 Å². The minimum Gasteiger partial charge on any atom is -0.463 e. The van der Waals surface area contributed by atoms with Crippen molar-refractivity contribution in [3.8, 4) is 0 Å². The molecule has 2 aromatic heterocycles. The van der Waals surface area contributed by atoms with E-state index in [-0.39, 0.29) is 18.1 Å². The summed E-state index contributed by atoms with van der Waals surface area (Å²) in [6.07, 6.45) is 5.70. The van der Waals surface area contributed by atoms with E-state index in [4.69, 9.17) is 9.15 Å². The fourth-order valence-corrected chi connectivity index (χ4v) is 3.79. The number of carbonyl (C=O) groups is 1. The second kappa shape index (κ2) is 5.71. The molecule has 2 aromatic rings. The summed E-state index contributed by atoms with van der Waals surface area (Å²) in [4.78, 5) is 15.0.